The van der Waals surface area contributed by atoms with E-state index in [4.69, 9.17) is 15.2 Å². The van der Waals surface area contributed by atoms with Crippen molar-refractivity contribution in [2.45, 2.75) is 23.9 Å². The first-order valence-electron chi connectivity index (χ1n) is 6.22. The fourth-order valence-corrected chi connectivity index (χ4v) is 3.02. The highest BCUT2D eigenvalue weighted by Crippen LogP contribution is 2.32. The maximum atomic E-state index is 12.2. The maximum absolute atomic E-state index is 12.2. The minimum Gasteiger partial charge on any atom is -0.496 e. The molecule has 4 nitrogen and oxygen atoms in total. The number of nitrogens with two attached hydrogens (primary N) is 1. The molecule has 0 amide bonds. The standard InChI is InChI=1S/C13H18F3NO3S/c1-19-10-8-12(21(18)6-4-13(14,15)16)11(20-2)7-9(10)3-5-17/h7-8H,3-6,17H2,1-2H3. The average Bonchev–Trinajstić information content (AvgIpc) is 2.43. The first-order valence-corrected chi connectivity index (χ1v) is 7.54. The smallest absolute Gasteiger partial charge is 0.390 e. The van der Waals surface area contributed by atoms with Crippen LogP contribution in [0.5, 0.6) is 11.5 Å². The Balaban J connectivity index is 3.07. The molecule has 120 valence electrons. The molecular weight excluding hydrogens is 307 g/mol. The van der Waals surface area contributed by atoms with Gasteiger partial charge in [0.05, 0.1) is 36.3 Å². The van der Waals surface area contributed by atoms with E-state index in [2.05, 4.69) is 0 Å². The van der Waals surface area contributed by atoms with E-state index in [1.807, 2.05) is 0 Å². The number of alkyl halides is 3. The molecule has 0 saturated carbocycles. The molecule has 0 bridgehead atoms. The molecule has 0 aliphatic rings. The van der Waals surface area contributed by atoms with E-state index < -0.39 is 29.1 Å². The van der Waals surface area contributed by atoms with Gasteiger partial charge in [-0.15, -0.1) is 0 Å². The molecule has 1 aromatic carbocycles. The summed E-state index contributed by atoms with van der Waals surface area (Å²) in [5, 5.41) is 0. The average molecular weight is 325 g/mol. The summed E-state index contributed by atoms with van der Waals surface area (Å²) >= 11 is 0. The molecule has 0 radical (unpaired) electrons. The molecular formula is C13H18F3NO3S. The molecule has 1 unspecified atom stereocenters. The van der Waals surface area contributed by atoms with Gasteiger partial charge in [0.1, 0.15) is 11.5 Å². The summed E-state index contributed by atoms with van der Waals surface area (Å²) in [5.74, 6) is 0.204. The van der Waals surface area contributed by atoms with E-state index in [0.717, 1.165) is 5.56 Å². The van der Waals surface area contributed by atoms with Gasteiger partial charge in [-0.1, -0.05) is 0 Å². The van der Waals surface area contributed by atoms with Gasteiger partial charge in [0, 0.05) is 11.8 Å². The zero-order chi connectivity index (χ0) is 16.0. The van der Waals surface area contributed by atoms with Crippen LogP contribution in [0, 0.1) is 0 Å². The highest BCUT2D eigenvalue weighted by molar-refractivity contribution is 7.85. The molecule has 1 atom stereocenters. The number of ether oxygens (including phenoxy) is 2. The van der Waals surface area contributed by atoms with E-state index in [1.165, 1.54) is 20.3 Å². The molecule has 0 fully saturated rings. The molecule has 21 heavy (non-hydrogen) atoms. The molecule has 0 aliphatic carbocycles. The summed E-state index contributed by atoms with van der Waals surface area (Å²) in [6, 6.07) is 3.06. The molecule has 2 N–H and O–H groups in total. The van der Waals surface area contributed by atoms with E-state index in [9.17, 15) is 17.4 Å². The van der Waals surface area contributed by atoms with Crippen LogP contribution in [0.4, 0.5) is 13.2 Å². The van der Waals surface area contributed by atoms with Crippen LogP contribution >= 0.6 is 0 Å². The van der Waals surface area contributed by atoms with Crippen LogP contribution in [-0.2, 0) is 17.2 Å². The van der Waals surface area contributed by atoms with Crippen molar-refractivity contribution in [3.8, 4) is 11.5 Å². The lowest BCUT2D eigenvalue weighted by molar-refractivity contribution is -0.129. The van der Waals surface area contributed by atoms with Crippen LogP contribution in [-0.4, -0.2) is 36.9 Å². The maximum Gasteiger partial charge on any atom is 0.390 e. The Kier molecular flexibility index (Phi) is 6.47. The van der Waals surface area contributed by atoms with Crippen molar-refractivity contribution in [3.63, 3.8) is 0 Å². The van der Waals surface area contributed by atoms with Gasteiger partial charge < -0.3 is 15.2 Å². The van der Waals surface area contributed by atoms with Crippen LogP contribution in [0.15, 0.2) is 17.0 Å². The van der Waals surface area contributed by atoms with Gasteiger partial charge in [0.15, 0.2) is 0 Å². The Bertz CT molecular complexity index is 506. The Morgan fingerprint density at radius 2 is 1.81 bits per heavy atom. The lowest BCUT2D eigenvalue weighted by atomic mass is 10.1. The first-order chi connectivity index (χ1) is 9.82. The summed E-state index contributed by atoms with van der Waals surface area (Å²) in [7, 11) is 0.987. The fourth-order valence-electron chi connectivity index (χ4n) is 1.78. The van der Waals surface area contributed by atoms with Crippen LogP contribution in [0.1, 0.15) is 12.0 Å². The van der Waals surface area contributed by atoms with E-state index in [1.54, 1.807) is 6.07 Å². The lowest BCUT2D eigenvalue weighted by Crippen LogP contribution is -2.13. The number of halogens is 3. The van der Waals surface area contributed by atoms with Crippen LogP contribution in [0.25, 0.3) is 0 Å². The minimum atomic E-state index is -4.34. The molecule has 0 aliphatic heterocycles. The van der Waals surface area contributed by atoms with Crippen LogP contribution in [0.2, 0.25) is 0 Å². The Morgan fingerprint density at radius 1 is 1.19 bits per heavy atom. The molecule has 8 heteroatoms. The second-order valence-corrected chi connectivity index (χ2v) is 5.81. The Labute approximate surface area is 123 Å². The predicted octanol–water partition coefficient (Wildman–Crippen LogP) is 2.27. The van der Waals surface area contributed by atoms with E-state index in [0.29, 0.717) is 18.7 Å². The number of hydrogen-bond acceptors (Lipinski definition) is 4. The van der Waals surface area contributed by atoms with Gasteiger partial charge in [-0.3, -0.25) is 4.21 Å². The van der Waals surface area contributed by atoms with Crippen molar-refractivity contribution in [2.24, 2.45) is 5.73 Å². The third kappa shape index (κ3) is 5.20. The van der Waals surface area contributed by atoms with Crippen molar-refractivity contribution in [1.29, 1.82) is 0 Å². The first kappa shape index (κ1) is 17.8. The third-order valence-electron chi connectivity index (χ3n) is 2.80. The molecule has 1 aromatic rings. The second kappa shape index (κ2) is 7.65. The van der Waals surface area contributed by atoms with Gasteiger partial charge in [-0.25, -0.2) is 0 Å². The molecule has 1 rings (SSSR count). The van der Waals surface area contributed by atoms with Gasteiger partial charge >= 0.3 is 6.18 Å². The second-order valence-electron chi connectivity index (χ2n) is 4.27. The Morgan fingerprint density at radius 3 is 2.29 bits per heavy atom. The summed E-state index contributed by atoms with van der Waals surface area (Å²) < 4.78 is 59.0. The minimum absolute atomic E-state index is 0.194. The van der Waals surface area contributed by atoms with Crippen molar-refractivity contribution in [1.82, 2.24) is 0 Å². The van der Waals surface area contributed by atoms with Crippen molar-refractivity contribution >= 4 is 10.8 Å². The SMILES string of the molecule is COc1cc(S(=O)CCC(F)(F)F)c(OC)cc1CCN. The number of benzene rings is 1. The largest absolute Gasteiger partial charge is 0.496 e. The molecule has 0 heterocycles. The van der Waals surface area contributed by atoms with Crippen molar-refractivity contribution < 1.29 is 26.9 Å². The quantitative estimate of drug-likeness (QED) is 0.835. The highest BCUT2D eigenvalue weighted by Gasteiger charge is 2.28. The molecule has 0 aromatic heterocycles. The van der Waals surface area contributed by atoms with Crippen LogP contribution < -0.4 is 15.2 Å². The highest BCUT2D eigenvalue weighted by atomic mass is 32.2. The normalized spacial score (nSPS) is 13.0. The van der Waals surface area contributed by atoms with Crippen LogP contribution in [0.3, 0.4) is 0 Å². The summed E-state index contributed by atoms with van der Waals surface area (Å²) in [5.41, 5.74) is 6.25. The fraction of sp³-hybridized carbons (Fsp3) is 0.538. The zero-order valence-corrected chi connectivity index (χ0v) is 12.6. The molecule has 0 saturated heterocycles. The predicted molar refractivity (Wildman–Crippen MR) is 74.3 cm³/mol. The van der Waals surface area contributed by atoms with Gasteiger partial charge in [-0.2, -0.15) is 13.2 Å². The summed E-state index contributed by atoms with van der Waals surface area (Å²) in [6.45, 7) is 0.385. The van der Waals surface area contributed by atoms with Crippen molar-refractivity contribution in [3.05, 3.63) is 17.7 Å². The third-order valence-corrected chi connectivity index (χ3v) is 4.18. The summed E-state index contributed by atoms with van der Waals surface area (Å²) in [6.07, 6.45) is -4.93. The monoisotopic (exact) mass is 325 g/mol. The zero-order valence-electron chi connectivity index (χ0n) is 11.8. The number of hydrogen-bond donors (Lipinski definition) is 1. The van der Waals surface area contributed by atoms with E-state index >= 15 is 0 Å². The topological polar surface area (TPSA) is 61.5 Å². The summed E-state index contributed by atoms with van der Waals surface area (Å²) in [4.78, 5) is 0.194. The lowest BCUT2D eigenvalue weighted by Gasteiger charge is -2.14. The van der Waals surface area contributed by atoms with Gasteiger partial charge in [0.2, 0.25) is 0 Å². The van der Waals surface area contributed by atoms with Crippen molar-refractivity contribution in [2.75, 3.05) is 26.5 Å². The molecule has 0 spiro atoms. The van der Waals surface area contributed by atoms with Gasteiger partial charge in [-0.05, 0) is 24.6 Å². The number of methoxy groups -OCH3 is 2. The Hall–Kier alpha value is -1.28. The van der Waals surface area contributed by atoms with E-state index in [-0.39, 0.29) is 10.6 Å². The number of rotatable bonds is 7. The van der Waals surface area contributed by atoms with Gasteiger partial charge in [0.25, 0.3) is 0 Å².